The lowest BCUT2D eigenvalue weighted by Gasteiger charge is -2.09. The van der Waals surface area contributed by atoms with Gasteiger partial charge >= 0.3 is 0 Å². The van der Waals surface area contributed by atoms with Crippen molar-refractivity contribution in [2.24, 2.45) is 0 Å². The van der Waals surface area contributed by atoms with Crippen molar-refractivity contribution >= 4 is 22.5 Å². The Bertz CT molecular complexity index is 562. The fraction of sp³-hybridized carbons (Fsp3) is 0.250. The van der Waals surface area contributed by atoms with Gasteiger partial charge in [-0.15, -0.1) is 11.6 Å². The van der Waals surface area contributed by atoms with Crippen LogP contribution in [0, 0.1) is 0 Å². The Kier molecular flexibility index (Phi) is 3.15. The first-order valence-corrected chi connectivity index (χ1v) is 5.53. The van der Waals surface area contributed by atoms with Crippen molar-refractivity contribution < 1.29 is 4.74 Å². The number of ether oxygens (including phenoxy) is 1. The van der Waals surface area contributed by atoms with E-state index < -0.39 is 0 Å². The summed E-state index contributed by atoms with van der Waals surface area (Å²) in [6.45, 7) is 0.518. The monoisotopic (exact) mass is 237 g/mol. The molecule has 3 nitrogen and oxygen atoms in total. The third kappa shape index (κ3) is 1.91. The van der Waals surface area contributed by atoms with Crippen LogP contribution in [0.1, 0.15) is 0 Å². The number of pyridine rings is 1. The van der Waals surface area contributed by atoms with E-state index in [2.05, 4.69) is 0 Å². The highest BCUT2D eigenvalue weighted by atomic mass is 35.5. The summed E-state index contributed by atoms with van der Waals surface area (Å²) in [5.41, 5.74) is 0.854. The van der Waals surface area contributed by atoms with Crippen molar-refractivity contribution in [3.05, 3.63) is 40.7 Å². The van der Waals surface area contributed by atoms with Gasteiger partial charge < -0.3 is 9.30 Å². The first kappa shape index (κ1) is 11.0. The van der Waals surface area contributed by atoms with Crippen molar-refractivity contribution in [1.82, 2.24) is 4.57 Å². The van der Waals surface area contributed by atoms with Crippen LogP contribution in [0.5, 0.6) is 5.75 Å². The van der Waals surface area contributed by atoms with E-state index in [9.17, 15) is 4.79 Å². The van der Waals surface area contributed by atoms with E-state index in [4.69, 9.17) is 16.3 Å². The van der Waals surface area contributed by atoms with Crippen LogP contribution in [0.2, 0.25) is 0 Å². The van der Waals surface area contributed by atoms with Gasteiger partial charge in [0.25, 0.3) is 5.56 Å². The van der Waals surface area contributed by atoms with Gasteiger partial charge in [-0.3, -0.25) is 4.79 Å². The van der Waals surface area contributed by atoms with Gasteiger partial charge in [-0.2, -0.15) is 0 Å². The number of rotatable bonds is 3. The third-order valence-electron chi connectivity index (χ3n) is 2.51. The molecule has 1 heterocycles. The smallest absolute Gasteiger partial charge is 0.251 e. The number of methoxy groups -OCH3 is 1. The summed E-state index contributed by atoms with van der Waals surface area (Å²) in [7, 11) is 1.62. The van der Waals surface area contributed by atoms with Gasteiger partial charge in [0.15, 0.2) is 0 Å². The normalized spacial score (nSPS) is 10.6. The summed E-state index contributed by atoms with van der Waals surface area (Å²) in [6.07, 6.45) is 0. The number of fused-ring (bicyclic) bond motifs is 1. The van der Waals surface area contributed by atoms with E-state index in [0.29, 0.717) is 12.4 Å². The van der Waals surface area contributed by atoms with Gasteiger partial charge in [0, 0.05) is 23.9 Å². The van der Waals surface area contributed by atoms with Crippen LogP contribution in [0.4, 0.5) is 0 Å². The highest BCUT2D eigenvalue weighted by Gasteiger charge is 2.03. The molecule has 0 saturated carbocycles. The van der Waals surface area contributed by atoms with Crippen molar-refractivity contribution in [2.45, 2.75) is 6.54 Å². The molecular formula is C12H12ClNO2. The van der Waals surface area contributed by atoms with E-state index >= 15 is 0 Å². The van der Waals surface area contributed by atoms with Gasteiger partial charge in [0.2, 0.25) is 0 Å². The Morgan fingerprint density at radius 2 is 2.12 bits per heavy atom. The highest BCUT2D eigenvalue weighted by molar-refractivity contribution is 6.17. The van der Waals surface area contributed by atoms with Crippen LogP contribution in [-0.2, 0) is 6.54 Å². The quantitative estimate of drug-likeness (QED) is 0.767. The Balaban J connectivity index is 2.68. The first-order valence-electron chi connectivity index (χ1n) is 5.00. The predicted octanol–water partition coefficient (Wildman–Crippen LogP) is 2.25. The van der Waals surface area contributed by atoms with Crippen LogP contribution in [0.3, 0.4) is 0 Å². The Hall–Kier alpha value is -1.48. The summed E-state index contributed by atoms with van der Waals surface area (Å²) >= 11 is 5.68. The molecule has 0 spiro atoms. The maximum absolute atomic E-state index is 11.7. The largest absolute Gasteiger partial charge is 0.497 e. The van der Waals surface area contributed by atoms with Crippen LogP contribution in [-0.4, -0.2) is 17.6 Å². The zero-order valence-electron chi connectivity index (χ0n) is 8.94. The van der Waals surface area contributed by atoms with Gasteiger partial charge in [-0.25, -0.2) is 0 Å². The second-order valence-corrected chi connectivity index (χ2v) is 3.81. The molecule has 2 aromatic rings. The molecule has 2 rings (SSSR count). The van der Waals surface area contributed by atoms with E-state index in [1.54, 1.807) is 23.8 Å². The molecule has 0 aliphatic heterocycles. The first-order chi connectivity index (χ1) is 7.76. The van der Waals surface area contributed by atoms with Crippen LogP contribution >= 0.6 is 11.6 Å². The van der Waals surface area contributed by atoms with Gasteiger partial charge in [0.1, 0.15) is 5.75 Å². The lowest BCUT2D eigenvalue weighted by molar-refractivity contribution is 0.415. The van der Waals surface area contributed by atoms with E-state index in [1.165, 1.54) is 0 Å². The third-order valence-corrected chi connectivity index (χ3v) is 2.67. The summed E-state index contributed by atoms with van der Waals surface area (Å²) in [5.74, 6) is 1.20. The van der Waals surface area contributed by atoms with Crippen molar-refractivity contribution in [1.29, 1.82) is 0 Å². The topological polar surface area (TPSA) is 31.2 Å². The predicted molar refractivity (Wildman–Crippen MR) is 65.5 cm³/mol. The molecule has 1 aromatic heterocycles. The molecule has 84 valence electrons. The minimum absolute atomic E-state index is 0.0293. The number of nitrogens with zero attached hydrogens (tertiary/aromatic N) is 1. The van der Waals surface area contributed by atoms with Gasteiger partial charge in [-0.1, -0.05) is 0 Å². The lowest BCUT2D eigenvalue weighted by atomic mass is 10.2. The molecule has 1 aromatic carbocycles. The molecule has 0 fully saturated rings. The number of hydrogen-bond acceptors (Lipinski definition) is 2. The number of alkyl halides is 1. The van der Waals surface area contributed by atoms with E-state index in [0.717, 1.165) is 16.7 Å². The summed E-state index contributed by atoms with van der Waals surface area (Å²) in [5, 5.41) is 0.976. The molecule has 0 bridgehead atoms. The van der Waals surface area contributed by atoms with Crippen molar-refractivity contribution in [3.8, 4) is 5.75 Å². The fourth-order valence-electron chi connectivity index (χ4n) is 1.72. The number of hydrogen-bond donors (Lipinski definition) is 0. The molecular weight excluding hydrogens is 226 g/mol. The van der Waals surface area contributed by atoms with Gasteiger partial charge in [-0.05, 0) is 24.3 Å². The second kappa shape index (κ2) is 4.58. The van der Waals surface area contributed by atoms with Gasteiger partial charge in [0.05, 0.1) is 12.6 Å². The SMILES string of the molecule is COc1ccc2c(ccc(=O)n2CCCl)c1. The minimum Gasteiger partial charge on any atom is -0.497 e. The van der Waals surface area contributed by atoms with Crippen molar-refractivity contribution in [2.75, 3.05) is 13.0 Å². The minimum atomic E-state index is -0.0293. The molecule has 0 aliphatic rings. The Labute approximate surface area is 98.2 Å². The summed E-state index contributed by atoms with van der Waals surface area (Å²) < 4.78 is 6.81. The number of aryl methyl sites for hydroxylation is 1. The fourth-order valence-corrected chi connectivity index (χ4v) is 1.89. The molecule has 0 atom stereocenters. The standard InChI is InChI=1S/C12H12ClNO2/c1-16-10-3-4-11-9(8-10)2-5-12(15)14(11)7-6-13/h2-5,8H,6-7H2,1H3. The molecule has 0 saturated heterocycles. The molecule has 0 amide bonds. The summed E-state index contributed by atoms with van der Waals surface area (Å²) in [6, 6.07) is 8.97. The number of benzene rings is 1. The molecule has 0 unspecified atom stereocenters. The van der Waals surface area contributed by atoms with E-state index in [-0.39, 0.29) is 5.56 Å². The number of halogens is 1. The zero-order valence-corrected chi connectivity index (χ0v) is 9.70. The Morgan fingerprint density at radius 3 is 2.81 bits per heavy atom. The lowest BCUT2D eigenvalue weighted by Crippen LogP contribution is -2.19. The molecule has 0 aliphatic carbocycles. The molecule has 0 N–H and O–H groups in total. The molecule has 16 heavy (non-hydrogen) atoms. The molecule has 0 radical (unpaired) electrons. The van der Waals surface area contributed by atoms with Crippen LogP contribution < -0.4 is 10.3 Å². The van der Waals surface area contributed by atoms with Crippen LogP contribution in [0.25, 0.3) is 10.9 Å². The highest BCUT2D eigenvalue weighted by Crippen LogP contribution is 2.19. The zero-order chi connectivity index (χ0) is 11.5. The molecule has 4 heteroatoms. The summed E-state index contributed by atoms with van der Waals surface area (Å²) in [4.78, 5) is 11.7. The maximum atomic E-state index is 11.7. The van der Waals surface area contributed by atoms with Crippen molar-refractivity contribution in [3.63, 3.8) is 0 Å². The average molecular weight is 238 g/mol. The maximum Gasteiger partial charge on any atom is 0.251 e. The van der Waals surface area contributed by atoms with Crippen LogP contribution in [0.15, 0.2) is 35.1 Å². The number of aromatic nitrogens is 1. The second-order valence-electron chi connectivity index (χ2n) is 3.44. The Morgan fingerprint density at radius 1 is 1.31 bits per heavy atom. The average Bonchev–Trinajstić information content (AvgIpc) is 2.32. The van der Waals surface area contributed by atoms with E-state index in [1.807, 2.05) is 18.2 Å².